The second kappa shape index (κ2) is 5.22. The lowest BCUT2D eigenvalue weighted by atomic mass is 9.98. The van der Waals surface area contributed by atoms with Crippen LogP contribution in [0.5, 0.6) is 0 Å². The molecule has 3 rings (SSSR count). The quantitative estimate of drug-likeness (QED) is 0.810. The van der Waals surface area contributed by atoms with Crippen molar-refractivity contribution in [3.05, 3.63) is 35.9 Å². The highest BCUT2D eigenvalue weighted by Crippen LogP contribution is 2.36. The molecule has 1 aromatic carbocycles. The fourth-order valence-electron chi connectivity index (χ4n) is 2.54. The van der Waals surface area contributed by atoms with Crippen molar-refractivity contribution in [1.29, 1.82) is 0 Å². The van der Waals surface area contributed by atoms with E-state index in [0.717, 1.165) is 0 Å². The van der Waals surface area contributed by atoms with Gasteiger partial charge in [0.25, 0.3) is 0 Å². The maximum Gasteiger partial charge on any atom is 0.338 e. The fraction of sp³-hybridized carbons (Fsp3) is 0.429. The van der Waals surface area contributed by atoms with Gasteiger partial charge in [-0.2, -0.15) is 0 Å². The largest absolute Gasteiger partial charge is 0.459 e. The first-order valence-electron chi connectivity index (χ1n) is 6.40. The third-order valence-corrected chi connectivity index (χ3v) is 3.55. The molecule has 0 radical (unpaired) electrons. The predicted molar refractivity (Wildman–Crippen MR) is 65.6 cm³/mol. The molecular weight excluding hydrogens is 264 g/mol. The number of hydrogen-bond acceptors (Lipinski definition) is 6. The van der Waals surface area contributed by atoms with Gasteiger partial charge in [0.1, 0.15) is 12.7 Å². The Balaban J connectivity index is 1.59. The molecule has 0 saturated carbocycles. The molecule has 2 aliphatic heterocycles. The Hall–Kier alpha value is -1.92. The summed E-state index contributed by atoms with van der Waals surface area (Å²) in [5.74, 6) is -1.08. The second-order valence-corrected chi connectivity index (χ2v) is 4.85. The summed E-state index contributed by atoms with van der Waals surface area (Å²) in [5, 5.41) is 9.63. The molecule has 6 nitrogen and oxygen atoms in total. The van der Waals surface area contributed by atoms with E-state index in [1.807, 2.05) is 0 Å². The number of benzene rings is 1. The molecule has 6 heteroatoms. The van der Waals surface area contributed by atoms with Gasteiger partial charge in [-0.05, 0) is 12.1 Å². The van der Waals surface area contributed by atoms with Gasteiger partial charge in [-0.3, -0.25) is 4.79 Å². The van der Waals surface area contributed by atoms with Gasteiger partial charge in [0.05, 0.1) is 12.0 Å². The Morgan fingerprint density at radius 3 is 2.85 bits per heavy atom. The average molecular weight is 278 g/mol. The minimum absolute atomic E-state index is 0.0113. The summed E-state index contributed by atoms with van der Waals surface area (Å²) in [6, 6.07) is 8.59. The van der Waals surface area contributed by atoms with Crippen LogP contribution < -0.4 is 0 Å². The average Bonchev–Trinajstić information content (AvgIpc) is 2.97. The number of rotatable bonds is 3. The number of carbonyl (C=O) groups excluding carboxylic acids is 2. The highest BCUT2D eigenvalue weighted by Gasteiger charge is 2.51. The normalized spacial score (nSPS) is 31.8. The maximum atomic E-state index is 11.8. The molecule has 0 bridgehead atoms. The van der Waals surface area contributed by atoms with Crippen molar-refractivity contribution in [2.24, 2.45) is 5.92 Å². The lowest BCUT2D eigenvalue weighted by molar-refractivity contribution is -0.167. The van der Waals surface area contributed by atoms with Crippen LogP contribution in [0.3, 0.4) is 0 Å². The molecule has 0 aliphatic carbocycles. The molecule has 2 fully saturated rings. The van der Waals surface area contributed by atoms with Gasteiger partial charge in [-0.15, -0.1) is 0 Å². The Labute approximate surface area is 115 Å². The number of esters is 2. The van der Waals surface area contributed by atoms with Gasteiger partial charge >= 0.3 is 11.9 Å². The first kappa shape index (κ1) is 13.1. The van der Waals surface area contributed by atoms with Gasteiger partial charge in [-0.1, -0.05) is 18.2 Å². The van der Waals surface area contributed by atoms with Crippen molar-refractivity contribution < 1.29 is 28.9 Å². The predicted octanol–water partition coefficient (Wildman–Crippen LogP) is 0.492. The number of carbonyl (C=O) groups is 2. The van der Waals surface area contributed by atoms with E-state index in [-0.39, 0.29) is 24.9 Å². The number of ether oxygens (including phenoxy) is 3. The molecule has 0 spiro atoms. The standard InChI is InChI=1S/C14H14O6/c15-11-6-9-10(19-14(17)12(9)20-11)7-18-13(16)8-4-2-1-3-5-8/h1-5,9-10,12,14,17H,6-7H2/t9-,10-,12-,14?/m1/s1. The van der Waals surface area contributed by atoms with E-state index in [1.54, 1.807) is 30.3 Å². The smallest absolute Gasteiger partial charge is 0.338 e. The Kier molecular flexibility index (Phi) is 3.42. The van der Waals surface area contributed by atoms with E-state index < -0.39 is 24.5 Å². The summed E-state index contributed by atoms with van der Waals surface area (Å²) in [6.45, 7) is -0.0113. The number of aliphatic hydroxyl groups is 1. The summed E-state index contributed by atoms with van der Waals surface area (Å²) in [5.41, 5.74) is 0.446. The summed E-state index contributed by atoms with van der Waals surface area (Å²) in [7, 11) is 0. The monoisotopic (exact) mass is 278 g/mol. The fourth-order valence-corrected chi connectivity index (χ4v) is 2.54. The molecule has 106 valence electrons. The Morgan fingerprint density at radius 1 is 1.35 bits per heavy atom. The van der Waals surface area contributed by atoms with Crippen LogP contribution in [0.25, 0.3) is 0 Å². The van der Waals surface area contributed by atoms with Crippen molar-refractivity contribution in [2.75, 3.05) is 6.61 Å². The Bertz CT molecular complexity index is 514. The van der Waals surface area contributed by atoms with Gasteiger partial charge in [0.15, 0.2) is 12.4 Å². The Morgan fingerprint density at radius 2 is 2.10 bits per heavy atom. The molecule has 4 atom stereocenters. The molecule has 1 unspecified atom stereocenters. The first-order chi connectivity index (χ1) is 9.65. The van der Waals surface area contributed by atoms with Crippen LogP contribution in [-0.2, 0) is 19.0 Å². The highest BCUT2D eigenvalue weighted by molar-refractivity contribution is 5.89. The summed E-state index contributed by atoms with van der Waals surface area (Å²) >= 11 is 0. The van der Waals surface area contributed by atoms with Crippen LogP contribution in [0, 0.1) is 5.92 Å². The molecule has 2 saturated heterocycles. The van der Waals surface area contributed by atoms with Crippen LogP contribution in [0.1, 0.15) is 16.8 Å². The first-order valence-corrected chi connectivity index (χ1v) is 6.40. The molecule has 2 aliphatic rings. The molecule has 1 aromatic rings. The zero-order chi connectivity index (χ0) is 14.1. The topological polar surface area (TPSA) is 82.1 Å². The van der Waals surface area contributed by atoms with E-state index >= 15 is 0 Å². The third-order valence-electron chi connectivity index (χ3n) is 3.55. The van der Waals surface area contributed by atoms with Crippen LogP contribution in [0.4, 0.5) is 0 Å². The molecule has 1 N–H and O–H groups in total. The van der Waals surface area contributed by atoms with Crippen LogP contribution in [0.2, 0.25) is 0 Å². The number of hydrogen-bond donors (Lipinski definition) is 1. The van der Waals surface area contributed by atoms with E-state index in [1.165, 1.54) is 0 Å². The van der Waals surface area contributed by atoms with E-state index in [9.17, 15) is 14.7 Å². The lowest BCUT2D eigenvalue weighted by Gasteiger charge is -2.14. The van der Waals surface area contributed by atoms with Crippen molar-refractivity contribution in [1.82, 2.24) is 0 Å². The lowest BCUT2D eigenvalue weighted by Crippen LogP contribution is -2.26. The highest BCUT2D eigenvalue weighted by atomic mass is 16.7. The molecule has 0 amide bonds. The van der Waals surface area contributed by atoms with E-state index in [4.69, 9.17) is 14.2 Å². The van der Waals surface area contributed by atoms with Gasteiger partial charge < -0.3 is 19.3 Å². The van der Waals surface area contributed by atoms with Crippen molar-refractivity contribution in [2.45, 2.75) is 24.9 Å². The van der Waals surface area contributed by atoms with E-state index in [2.05, 4.69) is 0 Å². The van der Waals surface area contributed by atoms with Crippen LogP contribution in [0.15, 0.2) is 30.3 Å². The van der Waals surface area contributed by atoms with Gasteiger partial charge in [-0.25, -0.2) is 4.79 Å². The molecular formula is C14H14O6. The van der Waals surface area contributed by atoms with Crippen molar-refractivity contribution >= 4 is 11.9 Å². The SMILES string of the molecule is O=C1C[C@@H]2[C@@H](COC(=O)c3ccccc3)OC(O)[C@@H]2O1. The van der Waals surface area contributed by atoms with Crippen LogP contribution >= 0.6 is 0 Å². The number of fused-ring (bicyclic) bond motifs is 1. The van der Waals surface area contributed by atoms with Gasteiger partial charge in [0.2, 0.25) is 0 Å². The van der Waals surface area contributed by atoms with Gasteiger partial charge in [0, 0.05) is 5.92 Å². The van der Waals surface area contributed by atoms with E-state index in [0.29, 0.717) is 5.56 Å². The summed E-state index contributed by atoms with van der Waals surface area (Å²) < 4.78 is 15.4. The number of aliphatic hydroxyl groups excluding tert-OH is 1. The van der Waals surface area contributed by atoms with Crippen LogP contribution in [-0.4, -0.2) is 42.1 Å². The van der Waals surface area contributed by atoms with Crippen molar-refractivity contribution in [3.8, 4) is 0 Å². The summed E-state index contributed by atoms with van der Waals surface area (Å²) in [6.07, 6.45) is -2.14. The second-order valence-electron chi connectivity index (χ2n) is 4.85. The maximum absolute atomic E-state index is 11.8. The molecule has 0 aromatic heterocycles. The molecule has 2 heterocycles. The minimum Gasteiger partial charge on any atom is -0.459 e. The zero-order valence-corrected chi connectivity index (χ0v) is 10.6. The third kappa shape index (κ3) is 2.39. The zero-order valence-electron chi connectivity index (χ0n) is 10.6. The van der Waals surface area contributed by atoms with Crippen molar-refractivity contribution in [3.63, 3.8) is 0 Å². The minimum atomic E-state index is -1.15. The molecule has 20 heavy (non-hydrogen) atoms. The summed E-state index contributed by atoms with van der Waals surface area (Å²) in [4.78, 5) is 23.0.